The second kappa shape index (κ2) is 8.93. The molecular weight excluding hydrogens is 210 g/mol. The van der Waals surface area contributed by atoms with Gasteiger partial charge in [0.25, 0.3) is 0 Å². The zero-order valence-corrected chi connectivity index (χ0v) is 12.0. The van der Waals surface area contributed by atoms with Crippen LogP contribution in [0.4, 0.5) is 0 Å². The maximum absolute atomic E-state index is 5.99. The second-order valence-electron chi connectivity index (χ2n) is 5.31. The van der Waals surface area contributed by atoms with E-state index in [0.717, 1.165) is 19.1 Å². The molecule has 0 aliphatic heterocycles. The minimum Gasteiger partial charge on any atom is -0.377 e. The highest BCUT2D eigenvalue weighted by Crippen LogP contribution is 2.31. The Hall–Kier alpha value is -0.0800. The molecule has 102 valence electrons. The van der Waals surface area contributed by atoms with Crippen LogP contribution in [0, 0.1) is 5.92 Å². The van der Waals surface area contributed by atoms with Gasteiger partial charge < -0.3 is 10.1 Å². The number of hydrogen-bond donors (Lipinski definition) is 1. The van der Waals surface area contributed by atoms with Crippen molar-refractivity contribution in [2.75, 3.05) is 13.2 Å². The van der Waals surface area contributed by atoms with E-state index in [1.807, 2.05) is 0 Å². The first-order chi connectivity index (χ1) is 8.33. The van der Waals surface area contributed by atoms with E-state index in [1.54, 1.807) is 0 Å². The van der Waals surface area contributed by atoms with Crippen molar-refractivity contribution in [2.24, 2.45) is 5.92 Å². The summed E-state index contributed by atoms with van der Waals surface area (Å²) in [6, 6.07) is 0.595. The van der Waals surface area contributed by atoms with Gasteiger partial charge in [0.15, 0.2) is 0 Å². The van der Waals surface area contributed by atoms with Crippen molar-refractivity contribution in [3.05, 3.63) is 0 Å². The fourth-order valence-corrected chi connectivity index (χ4v) is 3.09. The van der Waals surface area contributed by atoms with Gasteiger partial charge in [0.05, 0.1) is 6.10 Å². The zero-order valence-electron chi connectivity index (χ0n) is 12.0. The smallest absolute Gasteiger partial charge is 0.0730 e. The third-order valence-corrected chi connectivity index (χ3v) is 3.89. The summed E-state index contributed by atoms with van der Waals surface area (Å²) in [5, 5.41) is 3.76. The molecule has 2 heteroatoms. The molecule has 1 N–H and O–H groups in total. The van der Waals surface area contributed by atoms with E-state index in [-0.39, 0.29) is 0 Å². The molecule has 0 aromatic rings. The monoisotopic (exact) mass is 241 g/mol. The topological polar surface area (TPSA) is 21.3 Å². The summed E-state index contributed by atoms with van der Waals surface area (Å²) in [6.45, 7) is 8.61. The molecule has 0 heterocycles. The van der Waals surface area contributed by atoms with Crippen LogP contribution in [0.1, 0.15) is 65.7 Å². The van der Waals surface area contributed by atoms with Crippen LogP contribution in [0.3, 0.4) is 0 Å². The molecule has 2 unspecified atom stereocenters. The van der Waals surface area contributed by atoms with Crippen molar-refractivity contribution in [2.45, 2.75) is 77.9 Å². The lowest BCUT2D eigenvalue weighted by Crippen LogP contribution is -2.46. The summed E-state index contributed by atoms with van der Waals surface area (Å²) < 4.78 is 5.99. The van der Waals surface area contributed by atoms with Gasteiger partial charge in [-0.1, -0.05) is 33.1 Å². The summed E-state index contributed by atoms with van der Waals surface area (Å²) in [5.74, 6) is 0.852. The molecule has 0 amide bonds. The summed E-state index contributed by atoms with van der Waals surface area (Å²) >= 11 is 0. The Bertz CT molecular complexity index is 172. The Labute approximate surface area is 108 Å². The highest BCUT2D eigenvalue weighted by molar-refractivity contribution is 4.86. The third-order valence-electron chi connectivity index (χ3n) is 3.89. The largest absolute Gasteiger partial charge is 0.377 e. The molecule has 1 aliphatic rings. The van der Waals surface area contributed by atoms with E-state index in [0.29, 0.717) is 12.1 Å². The maximum atomic E-state index is 5.99. The SMILES string of the molecule is CCCNC(C1CCCC1)C(CCC)OCC. The van der Waals surface area contributed by atoms with Crippen LogP contribution in [0.5, 0.6) is 0 Å². The Morgan fingerprint density at radius 2 is 1.82 bits per heavy atom. The van der Waals surface area contributed by atoms with Gasteiger partial charge in [-0.2, -0.15) is 0 Å². The summed E-state index contributed by atoms with van der Waals surface area (Å²) in [6.07, 6.45) is 9.70. The molecule has 0 bridgehead atoms. The predicted molar refractivity (Wildman–Crippen MR) is 74.4 cm³/mol. The van der Waals surface area contributed by atoms with Crippen LogP contribution < -0.4 is 5.32 Å². The predicted octanol–water partition coefficient (Wildman–Crippen LogP) is 3.75. The van der Waals surface area contributed by atoms with Crippen LogP contribution in [-0.2, 0) is 4.74 Å². The lowest BCUT2D eigenvalue weighted by Gasteiger charge is -2.32. The van der Waals surface area contributed by atoms with Gasteiger partial charge >= 0.3 is 0 Å². The van der Waals surface area contributed by atoms with Crippen molar-refractivity contribution >= 4 is 0 Å². The first-order valence-electron chi connectivity index (χ1n) is 7.68. The van der Waals surface area contributed by atoms with E-state index in [1.165, 1.54) is 44.9 Å². The fourth-order valence-electron chi connectivity index (χ4n) is 3.09. The van der Waals surface area contributed by atoms with Crippen molar-refractivity contribution in [3.8, 4) is 0 Å². The highest BCUT2D eigenvalue weighted by Gasteiger charge is 2.30. The Morgan fingerprint density at radius 3 is 2.35 bits per heavy atom. The molecule has 0 aromatic carbocycles. The molecule has 1 saturated carbocycles. The molecule has 1 fully saturated rings. The van der Waals surface area contributed by atoms with E-state index < -0.39 is 0 Å². The standard InChI is InChI=1S/C15H31NO/c1-4-9-14(17-6-3)15(16-12-5-2)13-10-7-8-11-13/h13-16H,4-12H2,1-3H3. The van der Waals surface area contributed by atoms with E-state index in [2.05, 4.69) is 26.1 Å². The normalized spacial score (nSPS) is 20.6. The quantitative estimate of drug-likeness (QED) is 0.664. The zero-order chi connectivity index (χ0) is 12.5. The van der Waals surface area contributed by atoms with Crippen LogP contribution in [0.25, 0.3) is 0 Å². The van der Waals surface area contributed by atoms with Gasteiger partial charge in [0.1, 0.15) is 0 Å². The number of ether oxygens (including phenoxy) is 1. The van der Waals surface area contributed by atoms with Crippen molar-refractivity contribution in [3.63, 3.8) is 0 Å². The van der Waals surface area contributed by atoms with Crippen LogP contribution in [0.2, 0.25) is 0 Å². The molecule has 0 radical (unpaired) electrons. The maximum Gasteiger partial charge on any atom is 0.0730 e. The van der Waals surface area contributed by atoms with Gasteiger partial charge in [0, 0.05) is 12.6 Å². The van der Waals surface area contributed by atoms with Gasteiger partial charge in [-0.05, 0) is 45.1 Å². The van der Waals surface area contributed by atoms with Gasteiger partial charge in [-0.3, -0.25) is 0 Å². The molecule has 2 nitrogen and oxygen atoms in total. The number of hydrogen-bond acceptors (Lipinski definition) is 2. The number of rotatable bonds is 9. The van der Waals surface area contributed by atoms with Crippen molar-refractivity contribution in [1.29, 1.82) is 0 Å². The minimum absolute atomic E-state index is 0.430. The molecule has 1 rings (SSSR count). The first kappa shape index (κ1) is 15.0. The first-order valence-corrected chi connectivity index (χ1v) is 7.68. The van der Waals surface area contributed by atoms with Crippen LogP contribution in [0.15, 0.2) is 0 Å². The Morgan fingerprint density at radius 1 is 1.12 bits per heavy atom. The molecule has 0 saturated heterocycles. The lowest BCUT2D eigenvalue weighted by atomic mass is 9.91. The highest BCUT2D eigenvalue weighted by atomic mass is 16.5. The van der Waals surface area contributed by atoms with Gasteiger partial charge in [-0.15, -0.1) is 0 Å². The molecule has 2 atom stereocenters. The summed E-state index contributed by atoms with van der Waals surface area (Å²) in [4.78, 5) is 0. The van der Waals surface area contributed by atoms with Crippen molar-refractivity contribution < 1.29 is 4.74 Å². The molecule has 0 spiro atoms. The third kappa shape index (κ3) is 4.97. The van der Waals surface area contributed by atoms with Crippen molar-refractivity contribution in [1.82, 2.24) is 5.32 Å². The second-order valence-corrected chi connectivity index (χ2v) is 5.31. The Kier molecular flexibility index (Phi) is 7.87. The average molecular weight is 241 g/mol. The molecular formula is C15H31NO. The van der Waals surface area contributed by atoms with E-state index in [9.17, 15) is 0 Å². The molecule has 1 aliphatic carbocycles. The van der Waals surface area contributed by atoms with E-state index in [4.69, 9.17) is 4.74 Å². The molecule has 0 aromatic heterocycles. The summed E-state index contributed by atoms with van der Waals surface area (Å²) in [7, 11) is 0. The van der Waals surface area contributed by atoms with E-state index >= 15 is 0 Å². The van der Waals surface area contributed by atoms with Crippen LogP contribution >= 0.6 is 0 Å². The molecule has 17 heavy (non-hydrogen) atoms. The average Bonchev–Trinajstić information content (AvgIpc) is 2.84. The van der Waals surface area contributed by atoms with Gasteiger partial charge in [-0.25, -0.2) is 0 Å². The summed E-state index contributed by atoms with van der Waals surface area (Å²) in [5.41, 5.74) is 0. The fraction of sp³-hybridized carbons (Fsp3) is 1.00. The lowest BCUT2D eigenvalue weighted by molar-refractivity contribution is 0.0122. The Balaban J connectivity index is 2.55. The minimum atomic E-state index is 0.430. The van der Waals surface area contributed by atoms with Crippen LogP contribution in [-0.4, -0.2) is 25.3 Å². The number of nitrogens with one attached hydrogen (secondary N) is 1. The van der Waals surface area contributed by atoms with Gasteiger partial charge in [0.2, 0.25) is 0 Å².